The van der Waals surface area contributed by atoms with E-state index in [1.54, 1.807) is 6.07 Å². The number of anilines is 1. The number of benzene rings is 1. The van der Waals surface area contributed by atoms with Crippen molar-refractivity contribution < 1.29 is 0 Å². The van der Waals surface area contributed by atoms with Crippen molar-refractivity contribution >= 4 is 17.3 Å². The summed E-state index contributed by atoms with van der Waals surface area (Å²) in [6.45, 7) is 6.37. The Morgan fingerprint density at radius 2 is 2.07 bits per heavy atom. The van der Waals surface area contributed by atoms with E-state index in [0.717, 1.165) is 24.3 Å². The highest BCUT2D eigenvalue weighted by molar-refractivity contribution is 6.30. The van der Waals surface area contributed by atoms with Crippen LogP contribution >= 0.6 is 11.6 Å². The minimum absolute atomic E-state index is 0.670. The van der Waals surface area contributed by atoms with Crippen LogP contribution in [0.15, 0.2) is 18.2 Å². The fourth-order valence-electron chi connectivity index (χ4n) is 1.69. The highest BCUT2D eigenvalue weighted by Gasteiger charge is 2.05. The van der Waals surface area contributed by atoms with Crippen LogP contribution in [0.2, 0.25) is 5.02 Å². The molecule has 2 nitrogen and oxygen atoms in total. The Morgan fingerprint density at radius 3 is 2.60 bits per heavy atom. The summed E-state index contributed by atoms with van der Waals surface area (Å²) in [4.78, 5) is 2.27. The number of nitrogens with zero attached hydrogens (tertiary/aromatic N) is 1. The van der Waals surface area contributed by atoms with Crippen LogP contribution in [-0.4, -0.2) is 18.5 Å². The molecule has 0 aromatic heterocycles. The van der Waals surface area contributed by atoms with E-state index in [2.05, 4.69) is 25.8 Å². The van der Waals surface area contributed by atoms with E-state index >= 15 is 0 Å². The molecule has 0 heterocycles. The van der Waals surface area contributed by atoms with Gasteiger partial charge in [0, 0.05) is 23.8 Å². The standard InChI is InChI=1S/C12H19ClN2/c1-9(2)7-15(3)8-10-4-5-11(13)6-12(10)14/h4-6,9H,7-8,14H2,1-3H3. The first-order valence-corrected chi connectivity index (χ1v) is 5.59. The van der Waals surface area contributed by atoms with Crippen LogP contribution in [0.3, 0.4) is 0 Å². The second-order valence-electron chi connectivity index (χ2n) is 4.43. The van der Waals surface area contributed by atoms with Crippen LogP contribution in [0.25, 0.3) is 0 Å². The van der Waals surface area contributed by atoms with Gasteiger partial charge in [0.05, 0.1) is 0 Å². The Morgan fingerprint density at radius 1 is 1.40 bits per heavy atom. The summed E-state index contributed by atoms with van der Waals surface area (Å²) in [6.07, 6.45) is 0. The van der Waals surface area contributed by atoms with Crippen molar-refractivity contribution in [2.75, 3.05) is 19.3 Å². The molecule has 0 radical (unpaired) electrons. The lowest BCUT2D eigenvalue weighted by molar-refractivity contribution is 0.289. The topological polar surface area (TPSA) is 29.3 Å². The molecule has 0 bridgehead atoms. The molecule has 0 aliphatic carbocycles. The number of halogens is 1. The van der Waals surface area contributed by atoms with Gasteiger partial charge in [-0.15, -0.1) is 0 Å². The van der Waals surface area contributed by atoms with Crippen LogP contribution in [-0.2, 0) is 6.54 Å². The number of nitrogen functional groups attached to an aromatic ring is 1. The molecular formula is C12H19ClN2. The van der Waals surface area contributed by atoms with Crippen LogP contribution in [0.5, 0.6) is 0 Å². The van der Waals surface area contributed by atoms with E-state index in [-0.39, 0.29) is 0 Å². The molecule has 0 aliphatic heterocycles. The first-order valence-electron chi connectivity index (χ1n) is 5.21. The van der Waals surface area contributed by atoms with E-state index in [0.29, 0.717) is 10.9 Å². The van der Waals surface area contributed by atoms with Crippen molar-refractivity contribution in [2.24, 2.45) is 5.92 Å². The molecule has 0 spiro atoms. The molecule has 2 N–H and O–H groups in total. The zero-order valence-corrected chi connectivity index (χ0v) is 10.4. The van der Waals surface area contributed by atoms with Crippen molar-refractivity contribution in [3.63, 3.8) is 0 Å². The van der Waals surface area contributed by atoms with Gasteiger partial charge in [-0.25, -0.2) is 0 Å². The third kappa shape index (κ3) is 4.10. The summed E-state index contributed by atoms with van der Waals surface area (Å²) >= 11 is 5.84. The highest BCUT2D eigenvalue weighted by Crippen LogP contribution is 2.19. The van der Waals surface area contributed by atoms with E-state index in [4.69, 9.17) is 17.3 Å². The van der Waals surface area contributed by atoms with Crippen LogP contribution < -0.4 is 5.73 Å². The monoisotopic (exact) mass is 226 g/mol. The van der Waals surface area contributed by atoms with Gasteiger partial charge < -0.3 is 10.6 Å². The SMILES string of the molecule is CC(C)CN(C)Cc1ccc(Cl)cc1N. The lowest BCUT2D eigenvalue weighted by atomic mass is 10.1. The number of hydrogen-bond donors (Lipinski definition) is 1. The smallest absolute Gasteiger partial charge is 0.0426 e. The van der Waals surface area contributed by atoms with Crippen molar-refractivity contribution in [1.29, 1.82) is 0 Å². The second-order valence-corrected chi connectivity index (χ2v) is 4.87. The van der Waals surface area contributed by atoms with Gasteiger partial charge in [0.25, 0.3) is 0 Å². The van der Waals surface area contributed by atoms with Crippen LogP contribution in [0.4, 0.5) is 5.69 Å². The molecule has 1 aromatic rings. The maximum Gasteiger partial charge on any atom is 0.0426 e. The molecule has 0 saturated carbocycles. The normalized spacial score (nSPS) is 11.3. The summed E-state index contributed by atoms with van der Waals surface area (Å²) in [5, 5.41) is 0.697. The highest BCUT2D eigenvalue weighted by atomic mass is 35.5. The molecule has 1 aromatic carbocycles. The molecule has 3 heteroatoms. The lowest BCUT2D eigenvalue weighted by Crippen LogP contribution is -2.23. The first-order chi connectivity index (χ1) is 6.99. The van der Waals surface area contributed by atoms with Gasteiger partial charge in [-0.2, -0.15) is 0 Å². The quantitative estimate of drug-likeness (QED) is 0.800. The molecule has 15 heavy (non-hydrogen) atoms. The van der Waals surface area contributed by atoms with Crippen LogP contribution in [0, 0.1) is 5.92 Å². The fourth-order valence-corrected chi connectivity index (χ4v) is 1.87. The lowest BCUT2D eigenvalue weighted by Gasteiger charge is -2.19. The number of rotatable bonds is 4. The van der Waals surface area contributed by atoms with Gasteiger partial charge in [-0.1, -0.05) is 31.5 Å². The van der Waals surface area contributed by atoms with E-state index < -0.39 is 0 Å². The maximum absolute atomic E-state index is 5.89. The molecule has 0 amide bonds. The predicted molar refractivity (Wildman–Crippen MR) is 67.0 cm³/mol. The van der Waals surface area contributed by atoms with Crippen molar-refractivity contribution in [3.05, 3.63) is 28.8 Å². The minimum atomic E-state index is 0.670. The zero-order chi connectivity index (χ0) is 11.4. The number of hydrogen-bond acceptors (Lipinski definition) is 2. The van der Waals surface area contributed by atoms with Gasteiger partial charge >= 0.3 is 0 Å². The number of nitrogens with two attached hydrogens (primary N) is 1. The fraction of sp³-hybridized carbons (Fsp3) is 0.500. The predicted octanol–water partition coefficient (Wildman–Crippen LogP) is 3.01. The molecular weight excluding hydrogens is 208 g/mol. The van der Waals surface area contributed by atoms with Gasteiger partial charge in [-0.3, -0.25) is 0 Å². The summed E-state index contributed by atoms with van der Waals surface area (Å²) in [6, 6.07) is 5.69. The van der Waals surface area contributed by atoms with Gasteiger partial charge in [0.1, 0.15) is 0 Å². The molecule has 0 aliphatic rings. The molecule has 1 rings (SSSR count). The largest absolute Gasteiger partial charge is 0.398 e. The van der Waals surface area contributed by atoms with Gasteiger partial charge in [-0.05, 0) is 30.7 Å². The van der Waals surface area contributed by atoms with Gasteiger partial charge in [0.2, 0.25) is 0 Å². The Kier molecular flexibility index (Phi) is 4.43. The Hall–Kier alpha value is -0.730. The average Bonchev–Trinajstić information content (AvgIpc) is 2.08. The van der Waals surface area contributed by atoms with Crippen molar-refractivity contribution in [3.8, 4) is 0 Å². The maximum atomic E-state index is 5.89. The molecule has 0 saturated heterocycles. The zero-order valence-electron chi connectivity index (χ0n) is 9.63. The summed E-state index contributed by atoms with van der Waals surface area (Å²) < 4.78 is 0. The Balaban J connectivity index is 2.64. The van der Waals surface area contributed by atoms with Gasteiger partial charge in [0.15, 0.2) is 0 Å². The Bertz CT molecular complexity index is 323. The van der Waals surface area contributed by atoms with Crippen molar-refractivity contribution in [2.45, 2.75) is 20.4 Å². The second kappa shape index (κ2) is 5.38. The molecule has 0 unspecified atom stereocenters. The summed E-state index contributed by atoms with van der Waals surface area (Å²) in [5.41, 5.74) is 7.81. The van der Waals surface area contributed by atoms with E-state index in [1.165, 1.54) is 0 Å². The molecule has 0 fully saturated rings. The van der Waals surface area contributed by atoms with E-state index in [1.807, 2.05) is 12.1 Å². The van der Waals surface area contributed by atoms with E-state index in [9.17, 15) is 0 Å². The first kappa shape index (κ1) is 12.3. The average molecular weight is 227 g/mol. The minimum Gasteiger partial charge on any atom is -0.398 e. The summed E-state index contributed by atoms with van der Waals surface area (Å²) in [7, 11) is 2.11. The summed E-state index contributed by atoms with van der Waals surface area (Å²) in [5.74, 6) is 0.670. The molecule has 84 valence electrons. The Labute approximate surface area is 97.0 Å². The molecule has 0 atom stereocenters. The van der Waals surface area contributed by atoms with Crippen LogP contribution in [0.1, 0.15) is 19.4 Å². The third-order valence-corrected chi connectivity index (χ3v) is 2.46. The van der Waals surface area contributed by atoms with Crippen molar-refractivity contribution in [1.82, 2.24) is 4.90 Å². The third-order valence-electron chi connectivity index (χ3n) is 2.23.